The smallest absolute Gasteiger partial charge is 0.290 e. The fourth-order valence-corrected chi connectivity index (χ4v) is 2.86. The summed E-state index contributed by atoms with van der Waals surface area (Å²) in [7, 11) is 1.58. The summed E-state index contributed by atoms with van der Waals surface area (Å²) in [6.45, 7) is 2.83. The average molecular weight is 335 g/mol. The van der Waals surface area contributed by atoms with Crippen LogP contribution in [0.4, 0.5) is 4.79 Å². The molecule has 0 saturated carbocycles. The van der Waals surface area contributed by atoms with Crippen molar-refractivity contribution in [1.29, 1.82) is 0 Å². The minimum Gasteiger partial charge on any atom is -0.493 e. The first-order valence-corrected chi connectivity index (χ1v) is 8.51. The van der Waals surface area contributed by atoms with Crippen molar-refractivity contribution in [3.05, 3.63) is 28.7 Å². The SMILES string of the molecule is CCCCCCOc1ccc(/C=C2/SC(=O)NC2=O)cc1OC. The lowest BCUT2D eigenvalue weighted by molar-refractivity contribution is -0.115. The maximum atomic E-state index is 11.6. The fraction of sp³-hybridized carbons (Fsp3) is 0.412. The third-order valence-corrected chi connectivity index (χ3v) is 4.19. The summed E-state index contributed by atoms with van der Waals surface area (Å²) in [5.41, 5.74) is 0.785. The largest absolute Gasteiger partial charge is 0.493 e. The molecule has 1 aromatic carbocycles. The van der Waals surface area contributed by atoms with E-state index in [0.29, 0.717) is 23.0 Å². The Labute approximate surface area is 140 Å². The van der Waals surface area contributed by atoms with E-state index in [-0.39, 0.29) is 11.1 Å². The Hall–Kier alpha value is -1.95. The van der Waals surface area contributed by atoms with E-state index in [1.54, 1.807) is 19.3 Å². The predicted octanol–water partition coefficient (Wildman–Crippen LogP) is 3.98. The van der Waals surface area contributed by atoms with E-state index < -0.39 is 0 Å². The third-order valence-electron chi connectivity index (χ3n) is 3.38. The summed E-state index contributed by atoms with van der Waals surface area (Å²) in [6, 6.07) is 5.46. The van der Waals surface area contributed by atoms with Crippen LogP contribution in [0.2, 0.25) is 0 Å². The maximum absolute atomic E-state index is 11.6. The van der Waals surface area contributed by atoms with E-state index in [2.05, 4.69) is 12.2 Å². The van der Waals surface area contributed by atoms with Crippen LogP contribution in [-0.4, -0.2) is 24.9 Å². The molecule has 1 saturated heterocycles. The molecule has 1 aliphatic heterocycles. The van der Waals surface area contributed by atoms with Gasteiger partial charge in [-0.15, -0.1) is 0 Å². The molecule has 0 unspecified atom stereocenters. The highest BCUT2D eigenvalue weighted by atomic mass is 32.2. The second-order valence-corrected chi connectivity index (χ2v) is 6.19. The Kier molecular flexibility index (Phi) is 6.52. The molecular formula is C17H21NO4S. The Morgan fingerprint density at radius 1 is 1.17 bits per heavy atom. The Balaban J connectivity index is 2.03. The van der Waals surface area contributed by atoms with Gasteiger partial charge in [0.25, 0.3) is 11.1 Å². The number of unbranched alkanes of at least 4 members (excludes halogenated alkanes) is 3. The number of hydrogen-bond donors (Lipinski definition) is 1. The zero-order valence-corrected chi connectivity index (χ0v) is 14.2. The topological polar surface area (TPSA) is 64.6 Å². The van der Waals surface area contributed by atoms with E-state index in [4.69, 9.17) is 9.47 Å². The Bertz CT molecular complexity index is 613. The van der Waals surface area contributed by atoms with E-state index in [1.807, 2.05) is 12.1 Å². The molecular weight excluding hydrogens is 314 g/mol. The average Bonchev–Trinajstić information content (AvgIpc) is 2.85. The van der Waals surface area contributed by atoms with Crippen LogP contribution in [0, 0.1) is 0 Å². The minimum absolute atomic E-state index is 0.347. The highest BCUT2D eigenvalue weighted by molar-refractivity contribution is 8.18. The Morgan fingerprint density at radius 3 is 2.65 bits per heavy atom. The highest BCUT2D eigenvalue weighted by Crippen LogP contribution is 2.31. The van der Waals surface area contributed by atoms with Gasteiger partial charge >= 0.3 is 0 Å². The summed E-state index contributed by atoms with van der Waals surface area (Å²) in [4.78, 5) is 23.1. The number of nitrogens with one attached hydrogen (secondary N) is 1. The number of ether oxygens (including phenoxy) is 2. The molecule has 5 nitrogen and oxygen atoms in total. The van der Waals surface area contributed by atoms with Crippen molar-refractivity contribution in [2.45, 2.75) is 32.6 Å². The van der Waals surface area contributed by atoms with Crippen molar-refractivity contribution in [2.75, 3.05) is 13.7 Å². The monoisotopic (exact) mass is 335 g/mol. The molecule has 1 fully saturated rings. The van der Waals surface area contributed by atoms with Gasteiger partial charge in [-0.3, -0.25) is 14.9 Å². The van der Waals surface area contributed by atoms with Gasteiger partial charge in [-0.2, -0.15) is 0 Å². The van der Waals surface area contributed by atoms with Gasteiger partial charge in [0.05, 0.1) is 18.6 Å². The van der Waals surface area contributed by atoms with E-state index >= 15 is 0 Å². The van der Waals surface area contributed by atoms with Crippen molar-refractivity contribution in [3.8, 4) is 11.5 Å². The first-order valence-electron chi connectivity index (χ1n) is 7.69. The van der Waals surface area contributed by atoms with E-state index in [9.17, 15) is 9.59 Å². The molecule has 0 atom stereocenters. The molecule has 6 heteroatoms. The number of thioether (sulfide) groups is 1. The number of benzene rings is 1. The molecule has 1 aromatic rings. The number of methoxy groups -OCH3 is 1. The zero-order valence-electron chi connectivity index (χ0n) is 13.4. The molecule has 0 aliphatic carbocycles. The molecule has 0 spiro atoms. The van der Waals surface area contributed by atoms with Crippen LogP contribution in [0.25, 0.3) is 6.08 Å². The summed E-state index contributed by atoms with van der Waals surface area (Å²) in [5, 5.41) is 1.89. The number of amides is 2. The molecule has 1 N–H and O–H groups in total. The molecule has 0 aromatic heterocycles. The van der Waals surface area contributed by atoms with Gasteiger partial charge in [0.15, 0.2) is 11.5 Å². The van der Waals surface area contributed by atoms with Gasteiger partial charge in [0.1, 0.15) is 0 Å². The van der Waals surface area contributed by atoms with Gasteiger partial charge in [-0.1, -0.05) is 32.3 Å². The van der Waals surface area contributed by atoms with Gasteiger partial charge in [0.2, 0.25) is 0 Å². The van der Waals surface area contributed by atoms with Crippen LogP contribution < -0.4 is 14.8 Å². The minimum atomic E-state index is -0.366. The summed E-state index contributed by atoms with van der Waals surface area (Å²) in [5.74, 6) is 0.936. The fourth-order valence-electron chi connectivity index (χ4n) is 2.18. The number of imide groups is 1. The first-order chi connectivity index (χ1) is 11.1. The molecule has 1 heterocycles. The Morgan fingerprint density at radius 2 is 2.00 bits per heavy atom. The van der Waals surface area contributed by atoms with Gasteiger partial charge in [0, 0.05) is 0 Å². The molecule has 0 bridgehead atoms. The first kappa shape index (κ1) is 17.4. The maximum Gasteiger partial charge on any atom is 0.290 e. The number of carbonyl (C=O) groups is 2. The second kappa shape index (κ2) is 8.62. The molecule has 23 heavy (non-hydrogen) atoms. The van der Waals surface area contributed by atoms with E-state index in [1.165, 1.54) is 12.8 Å². The van der Waals surface area contributed by atoms with Crippen molar-refractivity contribution in [3.63, 3.8) is 0 Å². The summed E-state index contributed by atoms with van der Waals surface area (Å²) < 4.78 is 11.1. The van der Waals surface area contributed by atoms with Crippen molar-refractivity contribution >= 4 is 29.0 Å². The second-order valence-electron chi connectivity index (χ2n) is 5.17. The van der Waals surface area contributed by atoms with E-state index in [0.717, 1.165) is 30.2 Å². The van der Waals surface area contributed by atoms with Crippen LogP contribution in [0.15, 0.2) is 23.1 Å². The van der Waals surface area contributed by atoms with Crippen molar-refractivity contribution in [2.24, 2.45) is 0 Å². The number of hydrogen-bond acceptors (Lipinski definition) is 5. The van der Waals surface area contributed by atoms with Crippen molar-refractivity contribution < 1.29 is 19.1 Å². The van der Waals surface area contributed by atoms with Gasteiger partial charge < -0.3 is 9.47 Å². The van der Waals surface area contributed by atoms with Crippen LogP contribution in [0.5, 0.6) is 11.5 Å². The van der Waals surface area contributed by atoms with Gasteiger partial charge in [-0.05, 0) is 42.0 Å². The number of rotatable bonds is 8. The third kappa shape index (κ3) is 5.03. The standard InChI is InChI=1S/C17H21NO4S/c1-3-4-5-6-9-22-13-8-7-12(10-14(13)21-2)11-15-16(19)18-17(20)23-15/h7-8,10-11H,3-6,9H2,1-2H3,(H,18,19,20)/b15-11+. The molecule has 2 rings (SSSR count). The normalized spacial score (nSPS) is 15.8. The zero-order chi connectivity index (χ0) is 16.7. The van der Waals surface area contributed by atoms with Crippen LogP contribution in [0.3, 0.4) is 0 Å². The molecule has 124 valence electrons. The number of carbonyl (C=O) groups excluding carboxylic acids is 2. The summed E-state index contributed by atoms with van der Waals surface area (Å²) in [6.07, 6.45) is 6.25. The lowest BCUT2D eigenvalue weighted by atomic mass is 10.2. The lowest BCUT2D eigenvalue weighted by Gasteiger charge is -2.11. The molecule has 0 radical (unpaired) electrons. The highest BCUT2D eigenvalue weighted by Gasteiger charge is 2.25. The lowest BCUT2D eigenvalue weighted by Crippen LogP contribution is -2.17. The van der Waals surface area contributed by atoms with Crippen LogP contribution in [0.1, 0.15) is 38.2 Å². The van der Waals surface area contributed by atoms with Gasteiger partial charge in [-0.25, -0.2) is 0 Å². The molecule has 2 amide bonds. The quantitative estimate of drug-likeness (QED) is 0.575. The molecule has 1 aliphatic rings. The van der Waals surface area contributed by atoms with Crippen molar-refractivity contribution in [1.82, 2.24) is 5.32 Å². The van der Waals surface area contributed by atoms with Crippen LogP contribution >= 0.6 is 11.8 Å². The summed E-state index contributed by atoms with van der Waals surface area (Å²) >= 11 is 0.897. The van der Waals surface area contributed by atoms with Crippen LogP contribution in [-0.2, 0) is 4.79 Å². The predicted molar refractivity (Wildman–Crippen MR) is 91.7 cm³/mol.